The van der Waals surface area contributed by atoms with Gasteiger partial charge >= 0.3 is 0 Å². The van der Waals surface area contributed by atoms with E-state index in [4.69, 9.17) is 27.3 Å². The summed E-state index contributed by atoms with van der Waals surface area (Å²) >= 11 is 5.75. The van der Waals surface area contributed by atoms with Gasteiger partial charge in [-0.3, -0.25) is 0 Å². The van der Waals surface area contributed by atoms with Crippen molar-refractivity contribution in [2.24, 2.45) is 10.9 Å². The molecule has 0 fully saturated rings. The van der Waals surface area contributed by atoms with Gasteiger partial charge in [-0.1, -0.05) is 22.8 Å². The molecule has 0 aliphatic rings. The first-order valence-electron chi connectivity index (χ1n) is 4.03. The molecule has 0 saturated carbocycles. The first-order valence-corrected chi connectivity index (χ1v) is 4.41. The molecule has 0 bridgehead atoms. The summed E-state index contributed by atoms with van der Waals surface area (Å²) in [5.41, 5.74) is 5.34. The zero-order valence-corrected chi connectivity index (χ0v) is 8.40. The fraction of sp³-hybridized carbons (Fsp3) is 0.222. The molecular formula is C9H11ClN2O2. The minimum Gasteiger partial charge on any atom is -0.483 e. The fourth-order valence-electron chi connectivity index (χ4n) is 0.886. The van der Waals surface area contributed by atoms with Crippen LogP contribution in [0.25, 0.3) is 0 Å². The number of hydrogen-bond acceptors (Lipinski definition) is 3. The molecule has 5 heteroatoms. The lowest BCUT2D eigenvalue weighted by molar-refractivity contribution is 0.265. The Labute approximate surface area is 86.9 Å². The summed E-state index contributed by atoms with van der Waals surface area (Å²) in [6.45, 7) is 1.68. The number of oxime groups is 1. The highest BCUT2D eigenvalue weighted by Gasteiger charge is 2.08. The Hall–Kier alpha value is -1.42. The van der Waals surface area contributed by atoms with Gasteiger partial charge in [0.15, 0.2) is 11.9 Å². The van der Waals surface area contributed by atoms with Crippen LogP contribution in [0.15, 0.2) is 29.4 Å². The van der Waals surface area contributed by atoms with Crippen LogP contribution in [-0.4, -0.2) is 17.1 Å². The molecule has 76 valence electrons. The minimum absolute atomic E-state index is 0.0185. The van der Waals surface area contributed by atoms with E-state index >= 15 is 0 Å². The maximum Gasteiger partial charge on any atom is 0.180 e. The molecule has 1 unspecified atom stereocenters. The molecule has 0 aliphatic carbocycles. The quantitative estimate of drug-likeness (QED) is 0.349. The van der Waals surface area contributed by atoms with Gasteiger partial charge in [0.1, 0.15) is 5.75 Å². The average Bonchev–Trinajstić information content (AvgIpc) is 2.16. The van der Waals surface area contributed by atoms with Crippen molar-refractivity contribution >= 4 is 17.4 Å². The first-order chi connectivity index (χ1) is 6.63. The maximum absolute atomic E-state index is 8.39. The molecule has 3 N–H and O–H groups in total. The van der Waals surface area contributed by atoms with Crippen LogP contribution in [0, 0.1) is 0 Å². The number of ether oxygens (including phenoxy) is 1. The Morgan fingerprint density at radius 1 is 1.64 bits per heavy atom. The zero-order chi connectivity index (χ0) is 10.6. The molecule has 1 rings (SSSR count). The minimum atomic E-state index is -0.488. The molecule has 0 saturated heterocycles. The normalized spacial score (nSPS) is 13.7. The summed E-state index contributed by atoms with van der Waals surface area (Å²) in [6.07, 6.45) is -0.488. The summed E-state index contributed by atoms with van der Waals surface area (Å²) in [5.74, 6) is 0.599. The molecule has 0 amide bonds. The van der Waals surface area contributed by atoms with Crippen molar-refractivity contribution in [2.75, 3.05) is 0 Å². The molecule has 0 aliphatic heterocycles. The molecule has 14 heavy (non-hydrogen) atoms. The lowest BCUT2D eigenvalue weighted by atomic mass is 10.3. The number of nitrogens with two attached hydrogens (primary N) is 1. The molecular weight excluding hydrogens is 204 g/mol. The van der Waals surface area contributed by atoms with Gasteiger partial charge in [0.2, 0.25) is 0 Å². The van der Waals surface area contributed by atoms with Crippen molar-refractivity contribution in [2.45, 2.75) is 13.0 Å². The van der Waals surface area contributed by atoms with E-state index in [1.165, 1.54) is 0 Å². The third kappa shape index (κ3) is 2.81. The Morgan fingerprint density at radius 3 is 2.93 bits per heavy atom. The lowest BCUT2D eigenvalue weighted by Crippen LogP contribution is -2.31. The standard InChI is InChI=1S/C9H11ClN2O2/c1-6(9(11)12-13)14-8-4-2-3-7(10)5-8/h2-6,13H,1H3,(H2,11,12). The van der Waals surface area contributed by atoms with Crippen LogP contribution in [0.2, 0.25) is 5.02 Å². The Balaban J connectivity index is 2.69. The number of benzene rings is 1. The van der Waals surface area contributed by atoms with E-state index < -0.39 is 6.10 Å². The number of rotatable bonds is 3. The van der Waals surface area contributed by atoms with Crippen molar-refractivity contribution < 1.29 is 9.94 Å². The van der Waals surface area contributed by atoms with Crippen molar-refractivity contribution in [3.05, 3.63) is 29.3 Å². The molecule has 0 heterocycles. The Bertz CT molecular complexity index is 341. The first kappa shape index (κ1) is 10.7. The Kier molecular flexibility index (Phi) is 3.59. The van der Waals surface area contributed by atoms with Crippen LogP contribution in [0.3, 0.4) is 0 Å². The largest absolute Gasteiger partial charge is 0.483 e. The smallest absolute Gasteiger partial charge is 0.180 e. The summed E-state index contributed by atoms with van der Waals surface area (Å²) in [5, 5.41) is 11.8. The van der Waals surface area contributed by atoms with E-state index in [0.29, 0.717) is 10.8 Å². The van der Waals surface area contributed by atoms with Crippen LogP contribution in [0.1, 0.15) is 6.92 Å². The van der Waals surface area contributed by atoms with E-state index in [1.807, 2.05) is 0 Å². The van der Waals surface area contributed by atoms with E-state index in [0.717, 1.165) is 0 Å². The second-order valence-corrected chi connectivity index (χ2v) is 3.18. The molecule has 0 aromatic heterocycles. The van der Waals surface area contributed by atoms with Gasteiger partial charge in [-0.25, -0.2) is 0 Å². The summed E-state index contributed by atoms with van der Waals surface area (Å²) in [7, 11) is 0. The summed E-state index contributed by atoms with van der Waals surface area (Å²) in [6, 6.07) is 6.90. The van der Waals surface area contributed by atoms with Gasteiger partial charge in [0, 0.05) is 5.02 Å². The second kappa shape index (κ2) is 4.72. The highest BCUT2D eigenvalue weighted by Crippen LogP contribution is 2.18. The van der Waals surface area contributed by atoms with E-state index in [9.17, 15) is 0 Å². The van der Waals surface area contributed by atoms with Crippen LogP contribution in [0.4, 0.5) is 0 Å². The molecule has 1 aromatic carbocycles. The van der Waals surface area contributed by atoms with Gasteiger partial charge in [-0.05, 0) is 25.1 Å². The molecule has 1 atom stereocenters. The van der Waals surface area contributed by atoms with Crippen molar-refractivity contribution in [1.82, 2.24) is 0 Å². The van der Waals surface area contributed by atoms with Crippen molar-refractivity contribution in [1.29, 1.82) is 0 Å². The van der Waals surface area contributed by atoms with Gasteiger partial charge in [0.25, 0.3) is 0 Å². The van der Waals surface area contributed by atoms with Gasteiger partial charge < -0.3 is 15.7 Å². The molecule has 1 aromatic rings. The van der Waals surface area contributed by atoms with E-state index in [1.54, 1.807) is 31.2 Å². The fourth-order valence-corrected chi connectivity index (χ4v) is 1.07. The third-order valence-electron chi connectivity index (χ3n) is 1.64. The van der Waals surface area contributed by atoms with Crippen LogP contribution < -0.4 is 10.5 Å². The number of amidine groups is 1. The zero-order valence-electron chi connectivity index (χ0n) is 7.64. The maximum atomic E-state index is 8.39. The molecule has 4 nitrogen and oxygen atoms in total. The number of halogens is 1. The summed E-state index contributed by atoms with van der Waals surface area (Å²) in [4.78, 5) is 0. The van der Waals surface area contributed by atoms with Crippen LogP contribution in [-0.2, 0) is 0 Å². The van der Waals surface area contributed by atoms with Crippen LogP contribution >= 0.6 is 11.6 Å². The topological polar surface area (TPSA) is 67.8 Å². The summed E-state index contributed by atoms with van der Waals surface area (Å²) < 4.78 is 5.35. The van der Waals surface area contributed by atoms with Crippen molar-refractivity contribution in [3.63, 3.8) is 0 Å². The van der Waals surface area contributed by atoms with Crippen LogP contribution in [0.5, 0.6) is 5.75 Å². The molecule has 0 radical (unpaired) electrons. The van der Waals surface area contributed by atoms with Gasteiger partial charge in [0.05, 0.1) is 0 Å². The highest BCUT2D eigenvalue weighted by molar-refractivity contribution is 6.30. The SMILES string of the molecule is CC(Oc1cccc(Cl)c1)/C(N)=N/O. The predicted molar refractivity (Wildman–Crippen MR) is 55.0 cm³/mol. The Morgan fingerprint density at radius 2 is 2.36 bits per heavy atom. The second-order valence-electron chi connectivity index (χ2n) is 2.74. The predicted octanol–water partition coefficient (Wildman–Crippen LogP) is 1.85. The van der Waals surface area contributed by atoms with E-state index in [2.05, 4.69) is 5.16 Å². The van der Waals surface area contributed by atoms with Crippen molar-refractivity contribution in [3.8, 4) is 5.75 Å². The van der Waals surface area contributed by atoms with Gasteiger partial charge in [-0.15, -0.1) is 0 Å². The number of nitrogens with zero attached hydrogens (tertiary/aromatic N) is 1. The van der Waals surface area contributed by atoms with E-state index in [-0.39, 0.29) is 5.84 Å². The van der Waals surface area contributed by atoms with Gasteiger partial charge in [-0.2, -0.15) is 0 Å². The third-order valence-corrected chi connectivity index (χ3v) is 1.88. The molecule has 0 spiro atoms. The monoisotopic (exact) mass is 214 g/mol. The lowest BCUT2D eigenvalue weighted by Gasteiger charge is -2.12. The highest BCUT2D eigenvalue weighted by atomic mass is 35.5. The number of hydrogen-bond donors (Lipinski definition) is 2. The average molecular weight is 215 g/mol.